The molecule has 0 fully saturated rings. The zero-order valence-electron chi connectivity index (χ0n) is 67.4. The Bertz CT molecular complexity index is 7260. The average Bonchev–Trinajstić information content (AvgIpc) is 0.785. The van der Waals surface area contributed by atoms with E-state index in [1.165, 1.54) is 122 Å². The molecule has 17 N–H and O–H groups in total. The van der Waals surface area contributed by atoms with Crippen molar-refractivity contribution < 1.29 is 113 Å². The monoisotopic (exact) mass is 1960 g/mol. The number of fused-ring (bicyclic) bond motifs is 5. The maximum atomic E-state index is 12.6. The second kappa shape index (κ2) is 42.0. The number of halogens is 6. The van der Waals surface area contributed by atoms with E-state index >= 15 is 0 Å². The van der Waals surface area contributed by atoms with E-state index in [9.17, 15) is 100.0 Å². The largest absolute Gasteiger partial charge is 0.534 e. The molecule has 0 saturated heterocycles. The van der Waals surface area contributed by atoms with E-state index in [-0.39, 0.29) is 69.9 Å². The summed E-state index contributed by atoms with van der Waals surface area (Å²) in [4.78, 5) is 63.2. The molecule has 0 aliphatic heterocycles. The number of para-hydroxylation sites is 5. The smallest absolute Gasteiger partial charge is 0.506 e. The van der Waals surface area contributed by atoms with Crippen LogP contribution < -0.4 is 66.0 Å². The zero-order valence-corrected chi connectivity index (χ0v) is 73.1. The molecule has 0 bridgehead atoms. The SMILES string of the molecule is CNCCOC.NS(=O)(=O)c1ccc(Nc2ncc3cccc(C=O)c3n2)cc1.NS(=O)(=O)c1ccc(Nc2ncc3cccc(C=O)c3n2)cc1.NS(=O)(=O)c1ccc(Nc2ncc3cccc(O)c3n2)cc1.NS(=O)(=O)c1ccc(Nc2ncc3cccc(OS(=O)(=O)C(F)(F)F)c3n2)cc1.NS(=O)(=O)c1ccc(Nc2ncc3cccc(OS(=O)(=O)C(F)(F)F)c3n2)cc1. The number of hydrogen-bond donors (Lipinski definition) is 12. The molecule has 15 rings (SSSR count). The Morgan fingerprint density at radius 1 is 0.333 bits per heavy atom. The first-order chi connectivity index (χ1) is 62.0. The third kappa shape index (κ3) is 27.3. The molecule has 0 aliphatic carbocycles. The molecule has 15 aromatic rings. The number of aromatic hydroxyl groups is 1. The second-order valence-corrected chi connectivity index (χ2v) is 37.3. The molecule has 0 amide bonds. The van der Waals surface area contributed by atoms with Crippen LogP contribution in [-0.2, 0) is 75.1 Å². The van der Waals surface area contributed by atoms with Gasteiger partial charge in [-0.25, -0.2) is 118 Å². The summed E-state index contributed by atoms with van der Waals surface area (Å²) in [6.45, 7) is 1.74. The van der Waals surface area contributed by atoms with Gasteiger partial charge in [0.1, 0.15) is 22.3 Å². The maximum Gasteiger partial charge on any atom is 0.534 e. The molecule has 5 heterocycles. The topological polar surface area (TPSA) is 652 Å². The van der Waals surface area contributed by atoms with Crippen molar-refractivity contribution in [3.05, 3.63) is 254 Å². The van der Waals surface area contributed by atoms with Crippen LogP contribution in [-0.4, -0.2) is 165 Å². The summed E-state index contributed by atoms with van der Waals surface area (Å²) in [5.74, 6) is -0.498. The van der Waals surface area contributed by atoms with Crippen LogP contribution in [0.5, 0.6) is 17.2 Å². The van der Waals surface area contributed by atoms with Gasteiger partial charge in [-0.3, -0.25) is 9.59 Å². The van der Waals surface area contributed by atoms with Gasteiger partial charge in [0, 0.05) is 111 Å². The molecule has 0 aliphatic rings. The molecule has 54 heteroatoms. The first kappa shape index (κ1) is 99.7. The molecular formula is C78H69F6N21O20S7. The number of nitrogens with one attached hydrogen (secondary N) is 6. The number of phenols is 1. The van der Waals surface area contributed by atoms with Gasteiger partial charge in [0.2, 0.25) is 79.9 Å². The Hall–Kier alpha value is -14.4. The van der Waals surface area contributed by atoms with Crippen LogP contribution in [0.25, 0.3) is 54.5 Å². The number of methoxy groups -OCH3 is 1. The normalized spacial score (nSPS) is 11.9. The third-order valence-electron chi connectivity index (χ3n) is 17.0. The van der Waals surface area contributed by atoms with Crippen molar-refractivity contribution in [3.8, 4) is 17.2 Å². The van der Waals surface area contributed by atoms with Gasteiger partial charge in [0.25, 0.3) is 0 Å². The van der Waals surface area contributed by atoms with Gasteiger partial charge in [-0.15, -0.1) is 0 Å². The number of carbonyl (C=O) groups excluding carboxylic acids is 2. The minimum absolute atomic E-state index is 0.0192. The molecule has 0 unspecified atom stereocenters. The number of hydrogen-bond acceptors (Lipinski definition) is 36. The van der Waals surface area contributed by atoms with Crippen molar-refractivity contribution in [1.82, 2.24) is 55.2 Å². The first-order valence-corrected chi connectivity index (χ1v) is 47.1. The van der Waals surface area contributed by atoms with Gasteiger partial charge in [0.15, 0.2) is 24.1 Å². The maximum absolute atomic E-state index is 12.6. The Balaban J connectivity index is 0.000000169. The lowest BCUT2D eigenvalue weighted by Gasteiger charge is -2.11. The molecule has 0 atom stereocenters. The number of nitrogens with two attached hydrogens (primary N) is 5. The number of primary sulfonamides is 5. The van der Waals surface area contributed by atoms with E-state index in [4.69, 9.17) is 30.4 Å². The summed E-state index contributed by atoms with van der Waals surface area (Å²) in [5.41, 5.74) is -6.63. The molecule has 10 aromatic carbocycles. The van der Waals surface area contributed by atoms with Crippen LogP contribution in [0.2, 0.25) is 0 Å². The minimum atomic E-state index is -5.88. The number of likely N-dealkylation sites (N-methyl/N-ethyl adjacent to an activating group) is 1. The van der Waals surface area contributed by atoms with Crippen molar-refractivity contribution in [2.24, 2.45) is 25.7 Å². The highest BCUT2D eigenvalue weighted by Crippen LogP contribution is 2.35. The highest BCUT2D eigenvalue weighted by molar-refractivity contribution is 7.90. The van der Waals surface area contributed by atoms with Gasteiger partial charge >= 0.3 is 31.3 Å². The lowest BCUT2D eigenvalue weighted by molar-refractivity contribution is -0.0504. The highest BCUT2D eigenvalue weighted by Gasteiger charge is 2.50. The predicted molar refractivity (Wildman–Crippen MR) is 473 cm³/mol. The molecule has 0 spiro atoms. The van der Waals surface area contributed by atoms with E-state index in [0.717, 1.165) is 54.0 Å². The summed E-state index contributed by atoms with van der Waals surface area (Å²) >= 11 is 0. The van der Waals surface area contributed by atoms with E-state index in [1.807, 2.05) is 19.2 Å². The number of alkyl halides is 6. The number of aldehydes is 2. The lowest BCUT2D eigenvalue weighted by Crippen LogP contribution is -2.28. The molecule has 5 aromatic heterocycles. The number of anilines is 10. The fourth-order valence-corrected chi connectivity index (χ4v) is 14.2. The van der Waals surface area contributed by atoms with Crippen LogP contribution in [0.4, 0.5) is 84.5 Å². The van der Waals surface area contributed by atoms with Gasteiger partial charge in [-0.2, -0.15) is 43.2 Å². The van der Waals surface area contributed by atoms with Crippen LogP contribution in [0.15, 0.2) is 268 Å². The fraction of sp³-hybridized carbons (Fsp3) is 0.0769. The predicted octanol–water partition coefficient (Wildman–Crippen LogP) is 9.74. The molecule has 690 valence electrons. The number of benzene rings is 10. The minimum Gasteiger partial charge on any atom is -0.506 e. The standard InChI is InChI=1S/2C15H11F3N4O5S2.2C15H12N4O3S.C14H12N4O3S.C4H11NO/c2*16-15(17,18)29(25,26)27-12-3-1-2-9-8-20-14(22-13(9)12)21-10-4-6-11(7-5-10)28(19,23)24;2*16-23(21,22)13-6-4-12(5-7-13)18-15-17-8-10-2-1-3-11(9-20)14(10)19-15;15-22(20,21)11-6-4-10(5-7-11)17-14-16-8-9-2-1-3-12(19)13(9)18-14;1-5-3-4-6-2/h2*1-8H,(H2,19,23,24)(H,20,21,22);2*1-9H,(H2,16,21,22)(H,17,18,19);1-8,19H,(H2,15,20,21)(H,16,17,18);5H,3-4H2,1-2H3. The van der Waals surface area contributed by atoms with E-state index in [2.05, 4.69) is 90.1 Å². The van der Waals surface area contributed by atoms with Gasteiger partial charge in [0.05, 0.1) is 42.1 Å². The van der Waals surface area contributed by atoms with Crippen molar-refractivity contribution in [3.63, 3.8) is 0 Å². The number of sulfonamides is 5. The average molecular weight is 1960 g/mol. The molecular weight excluding hydrogens is 1890 g/mol. The van der Waals surface area contributed by atoms with Crippen LogP contribution in [0.1, 0.15) is 20.7 Å². The Morgan fingerprint density at radius 2 is 0.561 bits per heavy atom. The van der Waals surface area contributed by atoms with Crippen molar-refractivity contribution in [2.45, 2.75) is 35.5 Å². The van der Waals surface area contributed by atoms with Crippen molar-refractivity contribution >= 4 is 196 Å². The quantitative estimate of drug-likeness (QED) is 0.00879. The van der Waals surface area contributed by atoms with Gasteiger partial charge < -0.3 is 50.1 Å². The third-order valence-corrected chi connectivity index (χ3v) is 23.6. The number of rotatable bonds is 24. The molecule has 0 radical (unpaired) electrons. The summed E-state index contributed by atoms with van der Waals surface area (Å²) in [6.07, 6.45) is 8.77. The number of phenolic OH excluding ortho intramolecular Hbond substituents is 1. The number of carbonyl (C=O) groups is 2. The van der Waals surface area contributed by atoms with Crippen LogP contribution >= 0.6 is 0 Å². The van der Waals surface area contributed by atoms with Crippen LogP contribution in [0.3, 0.4) is 0 Å². The molecule has 132 heavy (non-hydrogen) atoms. The lowest BCUT2D eigenvalue weighted by atomic mass is 10.1. The van der Waals surface area contributed by atoms with E-state index < -0.39 is 92.9 Å². The van der Waals surface area contributed by atoms with Gasteiger partial charge in [-0.05, 0) is 159 Å². The fourth-order valence-electron chi connectivity index (χ4n) is 10.7. The van der Waals surface area contributed by atoms with Crippen molar-refractivity contribution in [1.29, 1.82) is 0 Å². The Morgan fingerprint density at radius 3 is 0.788 bits per heavy atom. The van der Waals surface area contributed by atoms with E-state index in [0.29, 0.717) is 68.0 Å². The summed E-state index contributed by atoms with van der Waals surface area (Å²) in [6, 6.07) is 51.0. The summed E-state index contributed by atoms with van der Waals surface area (Å²) < 4.78 is 246. The van der Waals surface area contributed by atoms with Crippen LogP contribution in [0, 0.1) is 0 Å². The first-order valence-electron chi connectivity index (χ1n) is 36.6. The van der Waals surface area contributed by atoms with Crippen molar-refractivity contribution in [2.75, 3.05) is 53.9 Å². The Kier molecular flexibility index (Phi) is 31.7. The summed E-state index contributed by atoms with van der Waals surface area (Å²) in [5, 5.41) is 54.8. The molecule has 41 nitrogen and oxygen atoms in total. The molecule has 0 saturated carbocycles. The Labute approximate surface area is 745 Å². The second-order valence-electron chi connectivity index (χ2n) is 26.4. The van der Waals surface area contributed by atoms with Gasteiger partial charge in [-0.1, -0.05) is 60.7 Å². The van der Waals surface area contributed by atoms with E-state index in [1.54, 1.807) is 105 Å². The highest BCUT2D eigenvalue weighted by atomic mass is 32.2. The number of nitrogens with zero attached hydrogens (tertiary/aromatic N) is 10. The summed E-state index contributed by atoms with van der Waals surface area (Å²) in [7, 11) is -27.1. The number of ether oxygens (including phenoxy) is 1. The zero-order chi connectivity index (χ0) is 96.4. The number of aromatic nitrogens is 10.